The highest BCUT2D eigenvalue weighted by molar-refractivity contribution is 8.22. The standard InChI is InChI=1S/C29H35O2PS/c1-24(21-23-31-28(30)25-15-7-4-8-16-25)14-13-22-29(2,3)32(33,26-17-9-5-10-18-26)27-19-11-6-12-20-27/h4-12,15-20,24H,13-14,21-23H2,1-3H3. The Balaban J connectivity index is 1.57. The summed E-state index contributed by atoms with van der Waals surface area (Å²) in [6.07, 6.45) is 4.16. The highest BCUT2D eigenvalue weighted by Crippen LogP contribution is 2.58. The summed E-state index contributed by atoms with van der Waals surface area (Å²) < 4.78 is 5.47. The fraction of sp³-hybridized carbons (Fsp3) is 0.345. The lowest BCUT2D eigenvalue weighted by Crippen LogP contribution is -2.33. The normalized spacial score (nSPS) is 12.8. The maximum Gasteiger partial charge on any atom is 0.338 e. The molecule has 0 saturated heterocycles. The molecule has 0 radical (unpaired) electrons. The van der Waals surface area contributed by atoms with E-state index in [0.717, 1.165) is 25.7 Å². The van der Waals surface area contributed by atoms with Gasteiger partial charge in [0.1, 0.15) is 0 Å². The van der Waals surface area contributed by atoms with E-state index in [4.69, 9.17) is 16.5 Å². The van der Waals surface area contributed by atoms with Crippen LogP contribution in [0.2, 0.25) is 0 Å². The number of esters is 1. The first-order valence-electron chi connectivity index (χ1n) is 11.8. The van der Waals surface area contributed by atoms with Gasteiger partial charge in [-0.15, -0.1) is 0 Å². The predicted molar refractivity (Wildman–Crippen MR) is 145 cm³/mol. The van der Waals surface area contributed by atoms with Gasteiger partial charge in [-0.25, -0.2) is 4.79 Å². The van der Waals surface area contributed by atoms with Crippen molar-refractivity contribution in [3.8, 4) is 0 Å². The Kier molecular flexibility index (Phi) is 9.06. The maximum atomic E-state index is 12.1. The fourth-order valence-corrected chi connectivity index (χ4v) is 8.68. The quantitative estimate of drug-likeness (QED) is 0.220. The summed E-state index contributed by atoms with van der Waals surface area (Å²) in [7, 11) is 0. The number of rotatable bonds is 11. The molecule has 0 amide bonds. The van der Waals surface area contributed by atoms with Gasteiger partial charge >= 0.3 is 5.97 Å². The Hall–Kier alpha value is -2.22. The van der Waals surface area contributed by atoms with Crippen molar-refractivity contribution in [2.75, 3.05) is 6.61 Å². The summed E-state index contributed by atoms with van der Waals surface area (Å²) in [4.78, 5) is 12.1. The molecule has 1 atom stereocenters. The molecule has 0 bridgehead atoms. The monoisotopic (exact) mass is 478 g/mol. The van der Waals surface area contributed by atoms with Gasteiger partial charge in [-0.2, -0.15) is 0 Å². The van der Waals surface area contributed by atoms with E-state index in [1.54, 1.807) is 12.1 Å². The number of benzene rings is 3. The van der Waals surface area contributed by atoms with Gasteiger partial charge < -0.3 is 4.74 Å². The second-order valence-electron chi connectivity index (χ2n) is 9.38. The van der Waals surface area contributed by atoms with Crippen LogP contribution in [-0.4, -0.2) is 17.7 Å². The lowest BCUT2D eigenvalue weighted by Gasteiger charge is -2.39. The molecule has 1 unspecified atom stereocenters. The van der Waals surface area contributed by atoms with Gasteiger partial charge in [-0.1, -0.05) is 124 Å². The molecule has 0 aliphatic heterocycles. The summed E-state index contributed by atoms with van der Waals surface area (Å²) in [5.41, 5.74) is 0.611. The Morgan fingerprint density at radius 1 is 0.848 bits per heavy atom. The molecule has 0 saturated carbocycles. The van der Waals surface area contributed by atoms with Crippen molar-refractivity contribution < 1.29 is 9.53 Å². The molecule has 0 aliphatic carbocycles. The van der Waals surface area contributed by atoms with Crippen LogP contribution < -0.4 is 10.6 Å². The third-order valence-electron chi connectivity index (χ3n) is 6.43. The molecule has 0 aromatic heterocycles. The van der Waals surface area contributed by atoms with Gasteiger partial charge in [0.2, 0.25) is 0 Å². The number of ether oxygens (including phenoxy) is 1. The molecular formula is C29H35O2PS. The van der Waals surface area contributed by atoms with Crippen LogP contribution in [0.1, 0.15) is 56.8 Å². The zero-order valence-corrected chi connectivity index (χ0v) is 21.7. The molecule has 33 heavy (non-hydrogen) atoms. The van der Waals surface area contributed by atoms with Gasteiger partial charge in [0.25, 0.3) is 0 Å². The van der Waals surface area contributed by atoms with E-state index < -0.39 is 6.04 Å². The number of carbonyl (C=O) groups excluding carboxylic acids is 1. The number of hydrogen-bond acceptors (Lipinski definition) is 3. The maximum absolute atomic E-state index is 12.1. The minimum absolute atomic E-state index is 0.00450. The highest BCUT2D eigenvalue weighted by atomic mass is 32.4. The highest BCUT2D eigenvalue weighted by Gasteiger charge is 2.38. The van der Waals surface area contributed by atoms with Gasteiger partial charge in [0.05, 0.1) is 12.2 Å². The molecular weight excluding hydrogens is 443 g/mol. The van der Waals surface area contributed by atoms with Gasteiger partial charge in [0, 0.05) is 11.2 Å². The van der Waals surface area contributed by atoms with Crippen molar-refractivity contribution in [1.29, 1.82) is 0 Å². The van der Waals surface area contributed by atoms with E-state index >= 15 is 0 Å². The Bertz CT molecular complexity index is 1010. The smallest absolute Gasteiger partial charge is 0.338 e. The molecule has 3 aromatic carbocycles. The largest absolute Gasteiger partial charge is 0.462 e. The molecule has 174 valence electrons. The second-order valence-corrected chi connectivity index (χ2v) is 14.5. The van der Waals surface area contributed by atoms with Crippen molar-refractivity contribution in [3.63, 3.8) is 0 Å². The minimum atomic E-state index is -1.99. The van der Waals surface area contributed by atoms with E-state index in [2.05, 4.69) is 81.4 Å². The van der Waals surface area contributed by atoms with Crippen LogP contribution in [0.5, 0.6) is 0 Å². The van der Waals surface area contributed by atoms with Gasteiger partial charge in [0.15, 0.2) is 0 Å². The first-order valence-corrected chi connectivity index (χ1v) is 14.6. The molecule has 3 aromatic rings. The minimum Gasteiger partial charge on any atom is -0.462 e. The lowest BCUT2D eigenvalue weighted by molar-refractivity contribution is 0.0483. The topological polar surface area (TPSA) is 26.3 Å². The predicted octanol–water partition coefficient (Wildman–Crippen LogP) is 6.95. The van der Waals surface area contributed by atoms with Crippen LogP contribution in [-0.2, 0) is 16.5 Å². The zero-order chi connectivity index (χ0) is 23.7. The van der Waals surface area contributed by atoms with Crippen molar-refractivity contribution in [3.05, 3.63) is 96.6 Å². The van der Waals surface area contributed by atoms with E-state index in [1.165, 1.54) is 10.6 Å². The van der Waals surface area contributed by atoms with Gasteiger partial charge in [-0.3, -0.25) is 0 Å². The second kappa shape index (κ2) is 11.8. The molecule has 0 fully saturated rings. The van der Waals surface area contributed by atoms with Crippen LogP contribution in [0.4, 0.5) is 0 Å². The molecule has 4 heteroatoms. The SMILES string of the molecule is CC(CCCC(C)(C)P(=S)(c1ccccc1)c1ccccc1)CCOC(=O)c1ccccc1. The van der Waals surface area contributed by atoms with E-state index in [1.807, 2.05) is 18.2 Å². The fourth-order valence-electron chi connectivity index (χ4n) is 4.32. The molecule has 3 rings (SSSR count). The molecule has 0 aliphatic rings. The van der Waals surface area contributed by atoms with Crippen molar-refractivity contribution in [1.82, 2.24) is 0 Å². The van der Waals surface area contributed by atoms with E-state index in [9.17, 15) is 4.79 Å². The van der Waals surface area contributed by atoms with Gasteiger partial charge in [-0.05, 0) is 41.5 Å². The zero-order valence-electron chi connectivity index (χ0n) is 19.9. The van der Waals surface area contributed by atoms with Crippen LogP contribution in [0, 0.1) is 5.92 Å². The van der Waals surface area contributed by atoms with Crippen LogP contribution >= 0.6 is 6.04 Å². The molecule has 0 spiro atoms. The van der Waals surface area contributed by atoms with Crippen LogP contribution in [0.25, 0.3) is 0 Å². The molecule has 2 nitrogen and oxygen atoms in total. The molecule has 0 heterocycles. The van der Waals surface area contributed by atoms with Crippen molar-refractivity contribution in [2.45, 2.75) is 51.6 Å². The number of carbonyl (C=O) groups is 1. The van der Waals surface area contributed by atoms with Crippen LogP contribution in [0.3, 0.4) is 0 Å². The summed E-state index contributed by atoms with van der Waals surface area (Å²) in [6.45, 7) is 7.40. The average molecular weight is 479 g/mol. The van der Waals surface area contributed by atoms with Crippen LogP contribution in [0.15, 0.2) is 91.0 Å². The average Bonchev–Trinajstić information content (AvgIpc) is 2.85. The lowest BCUT2D eigenvalue weighted by atomic mass is 9.97. The van der Waals surface area contributed by atoms with E-state index in [0.29, 0.717) is 18.1 Å². The third kappa shape index (κ3) is 6.43. The summed E-state index contributed by atoms with van der Waals surface area (Å²) in [5.74, 6) is 0.256. The molecule has 0 N–H and O–H groups in total. The van der Waals surface area contributed by atoms with Crippen molar-refractivity contribution >= 4 is 34.4 Å². The summed E-state index contributed by atoms with van der Waals surface area (Å²) in [5, 5.41) is 2.58. The Morgan fingerprint density at radius 2 is 1.33 bits per heavy atom. The number of hydrogen-bond donors (Lipinski definition) is 0. The Morgan fingerprint density at radius 3 is 1.85 bits per heavy atom. The summed E-state index contributed by atoms with van der Waals surface area (Å²) in [6, 6.07) is 28.6. The van der Waals surface area contributed by atoms with E-state index in [-0.39, 0.29) is 11.1 Å². The summed E-state index contributed by atoms with van der Waals surface area (Å²) >= 11 is 6.55. The first kappa shape index (κ1) is 25.4. The Labute approximate surface area is 204 Å². The first-order chi connectivity index (χ1) is 15.8. The van der Waals surface area contributed by atoms with Crippen molar-refractivity contribution in [2.24, 2.45) is 5.92 Å². The third-order valence-corrected chi connectivity index (χ3v) is 13.2.